The second-order valence-corrected chi connectivity index (χ2v) is 7.17. The third-order valence-corrected chi connectivity index (χ3v) is 5.61. The van der Waals surface area contributed by atoms with Crippen molar-refractivity contribution in [3.8, 4) is 0 Å². The predicted octanol–water partition coefficient (Wildman–Crippen LogP) is 2.94. The fraction of sp³-hybridized carbons (Fsp3) is 0.579. The van der Waals surface area contributed by atoms with E-state index in [-0.39, 0.29) is 0 Å². The SMILES string of the molecule is OC1(CC(c2ccc3cc[nH]c3c2)C2CCCN2)CCOCC1. The number of aromatic nitrogens is 1. The third kappa shape index (κ3) is 3.16. The number of aliphatic hydroxyl groups is 1. The maximum absolute atomic E-state index is 11.0. The standard InChI is InChI=1S/C19H26N2O2/c22-19(6-10-23-11-7-19)13-16(17-2-1-8-20-17)15-4-3-14-5-9-21-18(14)12-15/h3-5,9,12,16-17,20-22H,1-2,6-8,10-11,13H2. The van der Waals surface area contributed by atoms with E-state index in [0.717, 1.165) is 25.8 Å². The van der Waals surface area contributed by atoms with Crippen molar-refractivity contribution in [1.82, 2.24) is 10.3 Å². The van der Waals surface area contributed by atoms with Crippen molar-refractivity contribution in [3.05, 3.63) is 36.0 Å². The van der Waals surface area contributed by atoms with E-state index in [1.54, 1.807) is 0 Å². The largest absolute Gasteiger partial charge is 0.390 e. The van der Waals surface area contributed by atoms with Gasteiger partial charge in [-0.25, -0.2) is 0 Å². The minimum Gasteiger partial charge on any atom is -0.390 e. The van der Waals surface area contributed by atoms with Crippen molar-refractivity contribution < 1.29 is 9.84 Å². The molecule has 3 heterocycles. The molecule has 4 heteroatoms. The van der Waals surface area contributed by atoms with Crippen LogP contribution in [-0.4, -0.2) is 41.5 Å². The third-order valence-electron chi connectivity index (χ3n) is 5.61. The summed E-state index contributed by atoms with van der Waals surface area (Å²) in [5, 5.41) is 15.9. The molecule has 2 fully saturated rings. The van der Waals surface area contributed by atoms with Gasteiger partial charge in [-0.2, -0.15) is 0 Å². The summed E-state index contributed by atoms with van der Waals surface area (Å²) in [7, 11) is 0. The zero-order valence-corrected chi connectivity index (χ0v) is 13.6. The van der Waals surface area contributed by atoms with Gasteiger partial charge in [0.2, 0.25) is 0 Å². The molecule has 23 heavy (non-hydrogen) atoms. The molecule has 2 unspecified atom stereocenters. The lowest BCUT2D eigenvalue weighted by Gasteiger charge is -2.37. The first-order chi connectivity index (χ1) is 11.2. The Hall–Kier alpha value is -1.36. The van der Waals surface area contributed by atoms with E-state index in [2.05, 4.69) is 34.6 Å². The van der Waals surface area contributed by atoms with Crippen molar-refractivity contribution in [1.29, 1.82) is 0 Å². The van der Waals surface area contributed by atoms with Crippen LogP contribution in [0.1, 0.15) is 43.6 Å². The van der Waals surface area contributed by atoms with Gasteiger partial charge in [0.15, 0.2) is 0 Å². The van der Waals surface area contributed by atoms with E-state index >= 15 is 0 Å². The highest BCUT2D eigenvalue weighted by Gasteiger charge is 2.37. The summed E-state index contributed by atoms with van der Waals surface area (Å²) in [4.78, 5) is 3.32. The Labute approximate surface area is 137 Å². The molecule has 0 saturated carbocycles. The topological polar surface area (TPSA) is 57.3 Å². The molecule has 0 aliphatic carbocycles. The van der Waals surface area contributed by atoms with Crippen molar-refractivity contribution in [2.24, 2.45) is 0 Å². The van der Waals surface area contributed by atoms with Crippen LogP contribution in [0.2, 0.25) is 0 Å². The van der Waals surface area contributed by atoms with Crippen molar-refractivity contribution in [2.45, 2.75) is 49.7 Å². The van der Waals surface area contributed by atoms with Crippen LogP contribution in [0.3, 0.4) is 0 Å². The minimum atomic E-state index is -0.585. The number of rotatable bonds is 4. The molecule has 4 nitrogen and oxygen atoms in total. The number of benzene rings is 1. The molecule has 1 aromatic heterocycles. The minimum absolute atomic E-state index is 0.355. The van der Waals surface area contributed by atoms with Gasteiger partial charge < -0.3 is 20.1 Å². The van der Waals surface area contributed by atoms with E-state index in [9.17, 15) is 5.11 Å². The van der Waals surface area contributed by atoms with Crippen molar-refractivity contribution in [2.75, 3.05) is 19.8 Å². The Kier molecular flexibility index (Phi) is 4.14. The monoisotopic (exact) mass is 314 g/mol. The van der Waals surface area contributed by atoms with Crippen LogP contribution < -0.4 is 5.32 Å². The molecular weight excluding hydrogens is 288 g/mol. The molecule has 3 N–H and O–H groups in total. The Morgan fingerprint density at radius 1 is 1.26 bits per heavy atom. The molecule has 4 rings (SSSR count). The summed E-state index contributed by atoms with van der Waals surface area (Å²) in [6.07, 6.45) is 6.74. The first kappa shape index (κ1) is 15.2. The van der Waals surface area contributed by atoms with E-state index in [4.69, 9.17) is 4.74 Å². The number of hydrogen-bond acceptors (Lipinski definition) is 3. The van der Waals surface area contributed by atoms with Gasteiger partial charge in [0.1, 0.15) is 0 Å². The van der Waals surface area contributed by atoms with Gasteiger partial charge >= 0.3 is 0 Å². The van der Waals surface area contributed by atoms with Crippen LogP contribution in [0.5, 0.6) is 0 Å². The molecule has 2 aliphatic rings. The summed E-state index contributed by atoms with van der Waals surface area (Å²) in [6, 6.07) is 9.27. The fourth-order valence-electron chi connectivity index (χ4n) is 4.21. The zero-order valence-electron chi connectivity index (χ0n) is 13.6. The number of nitrogens with one attached hydrogen (secondary N) is 2. The predicted molar refractivity (Wildman–Crippen MR) is 91.7 cm³/mol. The Bertz CT molecular complexity index is 654. The van der Waals surface area contributed by atoms with Gasteiger partial charge in [0.25, 0.3) is 0 Å². The van der Waals surface area contributed by atoms with Gasteiger partial charge in [0, 0.05) is 36.9 Å². The second kappa shape index (κ2) is 6.27. The van der Waals surface area contributed by atoms with Crippen molar-refractivity contribution in [3.63, 3.8) is 0 Å². The smallest absolute Gasteiger partial charge is 0.0698 e. The summed E-state index contributed by atoms with van der Waals surface area (Å²) in [5.41, 5.74) is 1.93. The summed E-state index contributed by atoms with van der Waals surface area (Å²) < 4.78 is 5.44. The van der Waals surface area contributed by atoms with Crippen LogP contribution in [0, 0.1) is 0 Å². The lowest BCUT2D eigenvalue weighted by Crippen LogP contribution is -2.41. The van der Waals surface area contributed by atoms with E-state index in [0.29, 0.717) is 25.2 Å². The summed E-state index contributed by atoms with van der Waals surface area (Å²) in [5.74, 6) is 0.355. The Morgan fingerprint density at radius 3 is 2.91 bits per heavy atom. The highest BCUT2D eigenvalue weighted by Crippen LogP contribution is 2.37. The number of fused-ring (bicyclic) bond motifs is 1. The molecule has 124 valence electrons. The molecule has 2 aromatic rings. The molecule has 0 amide bonds. The van der Waals surface area contributed by atoms with E-state index < -0.39 is 5.60 Å². The number of hydrogen-bond donors (Lipinski definition) is 3. The lowest BCUT2D eigenvalue weighted by molar-refractivity contribution is -0.0729. The second-order valence-electron chi connectivity index (χ2n) is 7.17. The Balaban J connectivity index is 1.63. The molecule has 2 atom stereocenters. The van der Waals surface area contributed by atoms with E-state index in [1.807, 2.05) is 6.20 Å². The van der Waals surface area contributed by atoms with Gasteiger partial charge in [-0.05, 0) is 61.7 Å². The Morgan fingerprint density at radius 2 is 2.13 bits per heavy atom. The van der Waals surface area contributed by atoms with Crippen LogP contribution in [0.15, 0.2) is 30.5 Å². The average molecular weight is 314 g/mol. The highest BCUT2D eigenvalue weighted by molar-refractivity contribution is 5.80. The highest BCUT2D eigenvalue weighted by atomic mass is 16.5. The molecular formula is C19H26N2O2. The number of ether oxygens (including phenoxy) is 1. The first-order valence-corrected chi connectivity index (χ1v) is 8.84. The van der Waals surface area contributed by atoms with Crippen LogP contribution in [-0.2, 0) is 4.74 Å². The van der Waals surface area contributed by atoms with Crippen LogP contribution >= 0.6 is 0 Å². The molecule has 1 aromatic carbocycles. The van der Waals surface area contributed by atoms with Crippen LogP contribution in [0.25, 0.3) is 10.9 Å². The lowest BCUT2D eigenvalue weighted by atomic mass is 9.77. The van der Waals surface area contributed by atoms with Gasteiger partial charge in [0.05, 0.1) is 5.60 Å². The summed E-state index contributed by atoms with van der Waals surface area (Å²) in [6.45, 7) is 2.45. The average Bonchev–Trinajstić information content (AvgIpc) is 3.24. The summed E-state index contributed by atoms with van der Waals surface area (Å²) >= 11 is 0. The zero-order chi connectivity index (χ0) is 15.7. The van der Waals surface area contributed by atoms with Gasteiger partial charge in [-0.15, -0.1) is 0 Å². The number of H-pyrrole nitrogens is 1. The molecule has 0 spiro atoms. The maximum Gasteiger partial charge on any atom is 0.0698 e. The van der Waals surface area contributed by atoms with E-state index in [1.165, 1.54) is 29.3 Å². The van der Waals surface area contributed by atoms with Crippen molar-refractivity contribution >= 4 is 10.9 Å². The first-order valence-electron chi connectivity index (χ1n) is 8.84. The van der Waals surface area contributed by atoms with Gasteiger partial charge in [-0.1, -0.05) is 12.1 Å². The fourth-order valence-corrected chi connectivity index (χ4v) is 4.21. The van der Waals surface area contributed by atoms with Crippen LogP contribution in [0.4, 0.5) is 0 Å². The number of aromatic amines is 1. The molecule has 0 radical (unpaired) electrons. The molecule has 0 bridgehead atoms. The maximum atomic E-state index is 11.0. The molecule has 2 saturated heterocycles. The quantitative estimate of drug-likeness (QED) is 0.813. The van der Waals surface area contributed by atoms with Gasteiger partial charge in [-0.3, -0.25) is 0 Å². The normalized spacial score (nSPS) is 25.7. The molecule has 2 aliphatic heterocycles.